The highest BCUT2D eigenvalue weighted by atomic mass is 32.2. The lowest BCUT2D eigenvalue weighted by Crippen LogP contribution is -2.33. The number of anilines is 1. The van der Waals surface area contributed by atoms with Gasteiger partial charge in [0.25, 0.3) is 0 Å². The minimum absolute atomic E-state index is 0.0449. The molecule has 0 bridgehead atoms. The van der Waals surface area contributed by atoms with Crippen molar-refractivity contribution in [2.24, 2.45) is 7.05 Å². The molecule has 7 heteroatoms. The second kappa shape index (κ2) is 4.15. The Hall–Kier alpha value is -1.34. The van der Waals surface area contributed by atoms with Gasteiger partial charge in [0, 0.05) is 13.1 Å². The van der Waals surface area contributed by atoms with Crippen molar-refractivity contribution >= 4 is 15.8 Å². The summed E-state index contributed by atoms with van der Waals surface area (Å²) in [7, 11) is -1.91. The first-order chi connectivity index (χ1) is 7.92. The third-order valence-electron chi connectivity index (χ3n) is 2.90. The lowest BCUT2D eigenvalue weighted by atomic mass is 10.3. The molecule has 17 heavy (non-hydrogen) atoms. The second-order valence-corrected chi connectivity index (χ2v) is 5.84. The molecule has 0 saturated carbocycles. The summed E-state index contributed by atoms with van der Waals surface area (Å²) in [4.78, 5) is 0.0897. The summed E-state index contributed by atoms with van der Waals surface area (Å²) in [5, 5.41) is 3.91. The number of nitrogen functional groups attached to an aromatic ring is 1. The van der Waals surface area contributed by atoms with E-state index in [0.29, 0.717) is 5.69 Å². The highest BCUT2D eigenvalue weighted by molar-refractivity contribution is 7.89. The molecule has 1 aromatic rings. The molecule has 0 radical (unpaired) electrons. The lowest BCUT2D eigenvalue weighted by molar-refractivity contribution is 0.557. The third kappa shape index (κ3) is 2.20. The second-order valence-electron chi connectivity index (χ2n) is 4.18. The van der Waals surface area contributed by atoms with Crippen molar-refractivity contribution in [2.45, 2.75) is 30.7 Å². The van der Waals surface area contributed by atoms with Crippen LogP contribution in [-0.4, -0.2) is 24.2 Å². The zero-order valence-corrected chi connectivity index (χ0v) is 10.7. The molecule has 94 valence electrons. The number of nitrogens with zero attached hydrogens (tertiary/aromatic N) is 2. The number of hydrogen-bond donors (Lipinski definition) is 2. The van der Waals surface area contributed by atoms with Gasteiger partial charge in [-0.3, -0.25) is 4.68 Å². The van der Waals surface area contributed by atoms with Crippen molar-refractivity contribution in [1.82, 2.24) is 14.5 Å². The zero-order chi connectivity index (χ0) is 12.6. The van der Waals surface area contributed by atoms with Crippen LogP contribution in [0.15, 0.2) is 17.0 Å². The van der Waals surface area contributed by atoms with Crippen LogP contribution in [0.4, 0.5) is 5.82 Å². The van der Waals surface area contributed by atoms with Crippen LogP contribution in [0.5, 0.6) is 0 Å². The fourth-order valence-corrected chi connectivity index (χ4v) is 3.52. The Morgan fingerprint density at radius 2 is 2.06 bits per heavy atom. The maximum atomic E-state index is 12.2. The smallest absolute Gasteiger partial charge is 0.246 e. The van der Waals surface area contributed by atoms with Gasteiger partial charge in [0.1, 0.15) is 4.90 Å². The van der Waals surface area contributed by atoms with Crippen molar-refractivity contribution in [3.63, 3.8) is 0 Å². The van der Waals surface area contributed by atoms with Gasteiger partial charge in [0.05, 0.1) is 5.69 Å². The standard InChI is InChI=1S/C10H16N4O2S/c1-7-9(10(11)12-14(7)2)17(15,16)13-8-5-3-4-6-8/h3-4,8,13H,5-6H2,1-2H3,(H2,11,12). The van der Waals surface area contributed by atoms with Crippen molar-refractivity contribution in [3.05, 3.63) is 17.8 Å². The lowest BCUT2D eigenvalue weighted by Gasteiger charge is -2.12. The first-order valence-corrected chi connectivity index (χ1v) is 6.86. The molecule has 0 unspecified atom stereocenters. The van der Waals surface area contributed by atoms with E-state index in [9.17, 15) is 8.42 Å². The monoisotopic (exact) mass is 256 g/mol. The Labute approximate surface area is 101 Å². The maximum absolute atomic E-state index is 12.2. The normalized spacial score (nSPS) is 16.8. The first-order valence-electron chi connectivity index (χ1n) is 5.38. The number of aromatic nitrogens is 2. The molecule has 2 rings (SSSR count). The molecule has 0 atom stereocenters. The Balaban J connectivity index is 2.31. The van der Waals surface area contributed by atoms with Crippen LogP contribution in [-0.2, 0) is 17.1 Å². The van der Waals surface area contributed by atoms with Crippen molar-refractivity contribution in [2.75, 3.05) is 5.73 Å². The van der Waals surface area contributed by atoms with Gasteiger partial charge in [-0.05, 0) is 19.8 Å². The highest BCUT2D eigenvalue weighted by Crippen LogP contribution is 2.22. The predicted octanol–water partition coefficient (Wildman–Crippen LogP) is 0.308. The van der Waals surface area contributed by atoms with E-state index in [0.717, 1.165) is 12.8 Å². The Kier molecular flexibility index (Phi) is 2.96. The van der Waals surface area contributed by atoms with E-state index in [1.807, 2.05) is 12.2 Å². The number of rotatable bonds is 3. The van der Waals surface area contributed by atoms with Gasteiger partial charge in [-0.1, -0.05) is 12.2 Å². The fraction of sp³-hybridized carbons (Fsp3) is 0.500. The Morgan fingerprint density at radius 1 is 1.47 bits per heavy atom. The molecule has 1 heterocycles. The van der Waals surface area contributed by atoms with Crippen molar-refractivity contribution in [1.29, 1.82) is 0 Å². The summed E-state index contributed by atoms with van der Waals surface area (Å²) in [5.74, 6) is 0.0449. The van der Waals surface area contributed by atoms with E-state index >= 15 is 0 Å². The number of nitrogens with one attached hydrogen (secondary N) is 1. The molecule has 1 aromatic heterocycles. The maximum Gasteiger partial charge on any atom is 0.246 e. The van der Waals surface area contributed by atoms with E-state index in [2.05, 4.69) is 9.82 Å². The van der Waals surface area contributed by atoms with Crippen LogP contribution in [0.2, 0.25) is 0 Å². The number of aryl methyl sites for hydroxylation is 1. The Morgan fingerprint density at radius 3 is 2.53 bits per heavy atom. The largest absolute Gasteiger partial charge is 0.381 e. The van der Waals surface area contributed by atoms with Crippen molar-refractivity contribution in [3.8, 4) is 0 Å². The summed E-state index contributed by atoms with van der Waals surface area (Å²) in [6.07, 6.45) is 5.37. The van der Waals surface area contributed by atoms with Crippen molar-refractivity contribution < 1.29 is 8.42 Å². The summed E-state index contributed by atoms with van der Waals surface area (Å²) >= 11 is 0. The van der Waals surface area contributed by atoms with Crippen LogP contribution in [0.1, 0.15) is 18.5 Å². The van der Waals surface area contributed by atoms with Gasteiger partial charge in [-0.25, -0.2) is 13.1 Å². The van der Waals surface area contributed by atoms with E-state index in [-0.39, 0.29) is 16.8 Å². The van der Waals surface area contributed by atoms with Gasteiger partial charge in [0.15, 0.2) is 5.82 Å². The molecule has 0 fully saturated rings. The molecule has 1 aliphatic carbocycles. The number of sulfonamides is 1. The third-order valence-corrected chi connectivity index (χ3v) is 4.59. The Bertz CT molecular complexity index is 551. The molecular formula is C10H16N4O2S. The van der Waals surface area contributed by atoms with E-state index in [4.69, 9.17) is 5.73 Å². The van der Waals surface area contributed by atoms with Crippen LogP contribution < -0.4 is 10.5 Å². The highest BCUT2D eigenvalue weighted by Gasteiger charge is 2.27. The summed E-state index contributed by atoms with van der Waals surface area (Å²) in [5.41, 5.74) is 6.18. The molecule has 3 N–H and O–H groups in total. The van der Waals surface area contributed by atoms with E-state index in [1.54, 1.807) is 14.0 Å². The number of nitrogens with two attached hydrogens (primary N) is 1. The average molecular weight is 256 g/mol. The zero-order valence-electron chi connectivity index (χ0n) is 9.84. The van der Waals surface area contributed by atoms with Crippen LogP contribution >= 0.6 is 0 Å². The van der Waals surface area contributed by atoms with Crippen LogP contribution in [0.3, 0.4) is 0 Å². The fourth-order valence-electron chi connectivity index (χ4n) is 1.94. The van der Waals surface area contributed by atoms with Crippen LogP contribution in [0, 0.1) is 6.92 Å². The summed E-state index contributed by atoms with van der Waals surface area (Å²) < 4.78 is 28.5. The minimum Gasteiger partial charge on any atom is -0.381 e. The van der Waals surface area contributed by atoms with Gasteiger partial charge in [0.2, 0.25) is 10.0 Å². The molecule has 1 aliphatic rings. The predicted molar refractivity (Wildman–Crippen MR) is 64.8 cm³/mol. The van der Waals surface area contributed by atoms with Gasteiger partial charge in [-0.2, -0.15) is 5.10 Å². The topological polar surface area (TPSA) is 90.0 Å². The van der Waals surface area contributed by atoms with Gasteiger partial charge in [-0.15, -0.1) is 0 Å². The van der Waals surface area contributed by atoms with Gasteiger partial charge >= 0.3 is 0 Å². The molecule has 0 aromatic carbocycles. The number of hydrogen-bond acceptors (Lipinski definition) is 4. The summed E-state index contributed by atoms with van der Waals surface area (Å²) in [6, 6.07) is -0.0704. The van der Waals surface area contributed by atoms with E-state index < -0.39 is 10.0 Å². The van der Waals surface area contributed by atoms with E-state index in [1.165, 1.54) is 4.68 Å². The molecular weight excluding hydrogens is 240 g/mol. The molecule has 0 amide bonds. The summed E-state index contributed by atoms with van der Waals surface area (Å²) in [6.45, 7) is 1.69. The molecule has 6 nitrogen and oxygen atoms in total. The molecule has 0 aliphatic heterocycles. The molecule has 0 spiro atoms. The minimum atomic E-state index is -3.58. The van der Waals surface area contributed by atoms with Gasteiger partial charge < -0.3 is 5.73 Å². The van der Waals surface area contributed by atoms with Crippen LogP contribution in [0.25, 0.3) is 0 Å². The average Bonchev–Trinajstić information content (AvgIpc) is 2.76. The SMILES string of the molecule is Cc1c(S(=O)(=O)NC2CC=CC2)c(N)nn1C. The first kappa shape index (κ1) is 12.1. The quantitative estimate of drug-likeness (QED) is 0.761. The molecule has 0 saturated heterocycles.